The molecule has 0 radical (unpaired) electrons. The first-order valence-corrected chi connectivity index (χ1v) is 6.11. The molecule has 2 rings (SSSR count). The van der Waals surface area contributed by atoms with Crippen molar-refractivity contribution in [1.82, 2.24) is 0 Å². The van der Waals surface area contributed by atoms with Crippen molar-refractivity contribution >= 4 is 5.97 Å². The summed E-state index contributed by atoms with van der Waals surface area (Å²) >= 11 is 0. The van der Waals surface area contributed by atoms with Gasteiger partial charge in [0.2, 0.25) is 0 Å². The van der Waals surface area contributed by atoms with Gasteiger partial charge in [-0.25, -0.2) is 0 Å². The summed E-state index contributed by atoms with van der Waals surface area (Å²) < 4.78 is 0. The molecule has 19 heavy (non-hydrogen) atoms. The van der Waals surface area contributed by atoms with Crippen LogP contribution >= 0.6 is 0 Å². The molecule has 3 nitrogen and oxygen atoms in total. The van der Waals surface area contributed by atoms with Crippen LogP contribution in [0.2, 0.25) is 0 Å². The molecule has 0 heterocycles. The molecule has 0 aromatic heterocycles. The summed E-state index contributed by atoms with van der Waals surface area (Å²) in [5.74, 6) is -2.34. The zero-order chi connectivity index (χ0) is 13.9. The van der Waals surface area contributed by atoms with Crippen molar-refractivity contribution in [2.75, 3.05) is 0 Å². The van der Waals surface area contributed by atoms with E-state index in [1.165, 1.54) is 6.92 Å². The molecule has 0 aliphatic heterocycles. The van der Waals surface area contributed by atoms with Crippen LogP contribution in [0.15, 0.2) is 60.7 Å². The van der Waals surface area contributed by atoms with Gasteiger partial charge in [0.1, 0.15) is 5.60 Å². The number of hydrogen-bond donors (Lipinski definition) is 1. The molecule has 0 aliphatic carbocycles. The van der Waals surface area contributed by atoms with Crippen molar-refractivity contribution in [3.05, 3.63) is 71.8 Å². The Morgan fingerprint density at radius 1 is 1.00 bits per heavy atom. The van der Waals surface area contributed by atoms with E-state index in [1.807, 2.05) is 12.1 Å². The normalized spacial score (nSPS) is 12.9. The van der Waals surface area contributed by atoms with Gasteiger partial charge in [-0.05, 0) is 11.1 Å². The smallest absolute Gasteiger partial charge is 0.122 e. The number of carboxylic acids is 1. The molecule has 0 saturated heterocycles. The van der Waals surface area contributed by atoms with Crippen LogP contribution in [0.5, 0.6) is 0 Å². The van der Waals surface area contributed by atoms with Crippen LogP contribution in [0, 0.1) is 5.92 Å². The molecule has 0 bridgehead atoms. The highest BCUT2D eigenvalue weighted by atomic mass is 16.4. The number of carbonyl (C=O) groups is 1. The molecule has 0 aliphatic rings. The van der Waals surface area contributed by atoms with Crippen molar-refractivity contribution in [3.8, 4) is 0 Å². The molecule has 1 N–H and O–H groups in total. The lowest BCUT2D eigenvalue weighted by Gasteiger charge is -2.35. The fourth-order valence-corrected chi connectivity index (χ4v) is 2.22. The maximum Gasteiger partial charge on any atom is 0.122 e. The summed E-state index contributed by atoms with van der Waals surface area (Å²) in [6, 6.07) is 17.6. The molecule has 98 valence electrons. The Hall–Kier alpha value is -2.13. The summed E-state index contributed by atoms with van der Waals surface area (Å²) in [7, 11) is 0. The number of aliphatic hydroxyl groups is 1. The van der Waals surface area contributed by atoms with Crippen LogP contribution in [0.3, 0.4) is 0 Å². The van der Waals surface area contributed by atoms with E-state index in [0.717, 1.165) is 0 Å². The van der Waals surface area contributed by atoms with Crippen LogP contribution in [-0.2, 0) is 10.4 Å². The minimum absolute atomic E-state index is 0.540. The van der Waals surface area contributed by atoms with Crippen LogP contribution in [0.1, 0.15) is 18.1 Å². The van der Waals surface area contributed by atoms with Gasteiger partial charge in [0.05, 0.1) is 0 Å². The van der Waals surface area contributed by atoms with Gasteiger partial charge in [0.25, 0.3) is 0 Å². The molecule has 2 aromatic rings. The molecule has 0 spiro atoms. The Bertz CT molecular complexity index is 509. The van der Waals surface area contributed by atoms with Crippen LogP contribution < -0.4 is 5.11 Å². The van der Waals surface area contributed by atoms with Gasteiger partial charge in [0, 0.05) is 11.9 Å². The zero-order valence-corrected chi connectivity index (χ0v) is 10.6. The predicted octanol–water partition coefficient (Wildman–Crippen LogP) is 1.31. The number of benzene rings is 2. The Labute approximate surface area is 112 Å². The highest BCUT2D eigenvalue weighted by molar-refractivity contribution is 5.70. The number of aliphatic carboxylic acids is 1. The quantitative estimate of drug-likeness (QED) is 0.896. The second kappa shape index (κ2) is 5.24. The van der Waals surface area contributed by atoms with E-state index >= 15 is 0 Å². The largest absolute Gasteiger partial charge is 0.550 e. The molecule has 0 saturated carbocycles. The summed E-state index contributed by atoms with van der Waals surface area (Å²) in [5.41, 5.74) is -0.516. The van der Waals surface area contributed by atoms with E-state index < -0.39 is 17.5 Å². The average Bonchev–Trinajstić information content (AvgIpc) is 2.47. The Morgan fingerprint density at radius 2 is 1.37 bits per heavy atom. The molecule has 0 amide bonds. The topological polar surface area (TPSA) is 60.4 Å². The van der Waals surface area contributed by atoms with Crippen molar-refractivity contribution in [2.24, 2.45) is 5.92 Å². The standard InChI is InChI=1S/C16H16O3/c1-12(15(17)18)16(19,13-8-4-2-5-9-13)14-10-6-3-7-11-14/h2-12,19H,1H3,(H,17,18)/p-1/t12-/m1/s1. The van der Waals surface area contributed by atoms with Gasteiger partial charge in [-0.2, -0.15) is 0 Å². The first-order chi connectivity index (χ1) is 9.06. The molecular formula is C16H15O3-. The molecule has 0 fully saturated rings. The van der Waals surface area contributed by atoms with Gasteiger partial charge in [-0.15, -0.1) is 0 Å². The maximum atomic E-state index is 11.2. The zero-order valence-electron chi connectivity index (χ0n) is 10.6. The minimum Gasteiger partial charge on any atom is -0.550 e. The van der Waals surface area contributed by atoms with Gasteiger partial charge in [-0.3, -0.25) is 0 Å². The van der Waals surface area contributed by atoms with E-state index in [1.54, 1.807) is 48.5 Å². The van der Waals surface area contributed by atoms with Crippen LogP contribution in [0.4, 0.5) is 0 Å². The number of hydrogen-bond acceptors (Lipinski definition) is 3. The summed E-state index contributed by atoms with van der Waals surface area (Å²) in [4.78, 5) is 11.2. The van der Waals surface area contributed by atoms with E-state index in [0.29, 0.717) is 11.1 Å². The van der Waals surface area contributed by atoms with Crippen molar-refractivity contribution in [2.45, 2.75) is 12.5 Å². The lowest BCUT2D eigenvalue weighted by Crippen LogP contribution is -2.45. The van der Waals surface area contributed by atoms with E-state index in [4.69, 9.17) is 0 Å². The molecule has 2 aromatic carbocycles. The van der Waals surface area contributed by atoms with E-state index in [2.05, 4.69) is 0 Å². The maximum absolute atomic E-state index is 11.2. The molecule has 3 heteroatoms. The van der Waals surface area contributed by atoms with Gasteiger partial charge < -0.3 is 15.0 Å². The first-order valence-electron chi connectivity index (χ1n) is 6.11. The third-order valence-corrected chi connectivity index (χ3v) is 3.41. The highest BCUT2D eigenvalue weighted by Gasteiger charge is 2.38. The minimum atomic E-state index is -1.60. The first kappa shape index (κ1) is 13.3. The van der Waals surface area contributed by atoms with Gasteiger partial charge in [0.15, 0.2) is 0 Å². The van der Waals surface area contributed by atoms with Gasteiger partial charge in [-0.1, -0.05) is 67.6 Å². The van der Waals surface area contributed by atoms with Crippen molar-refractivity contribution in [1.29, 1.82) is 0 Å². The molecule has 0 unspecified atom stereocenters. The van der Waals surface area contributed by atoms with E-state index in [9.17, 15) is 15.0 Å². The average molecular weight is 255 g/mol. The van der Waals surface area contributed by atoms with Crippen molar-refractivity contribution < 1.29 is 15.0 Å². The number of carboxylic acid groups (broad SMARTS) is 1. The summed E-state index contributed by atoms with van der Waals surface area (Å²) in [6.07, 6.45) is 0. The Kier molecular flexibility index (Phi) is 3.67. The van der Waals surface area contributed by atoms with Gasteiger partial charge >= 0.3 is 0 Å². The van der Waals surface area contributed by atoms with E-state index in [-0.39, 0.29) is 0 Å². The second-order valence-electron chi connectivity index (χ2n) is 4.54. The SMILES string of the molecule is C[C@H](C(=O)[O-])C(O)(c1ccccc1)c1ccccc1. The van der Waals surface area contributed by atoms with Crippen molar-refractivity contribution in [3.63, 3.8) is 0 Å². The fourth-order valence-electron chi connectivity index (χ4n) is 2.22. The number of rotatable bonds is 4. The summed E-state index contributed by atoms with van der Waals surface area (Å²) in [6.45, 7) is 1.45. The highest BCUT2D eigenvalue weighted by Crippen LogP contribution is 2.36. The third-order valence-electron chi connectivity index (χ3n) is 3.41. The monoisotopic (exact) mass is 255 g/mol. The Balaban J connectivity index is 2.61. The Morgan fingerprint density at radius 3 is 1.68 bits per heavy atom. The predicted molar refractivity (Wildman–Crippen MR) is 70.1 cm³/mol. The molecular weight excluding hydrogens is 240 g/mol. The molecule has 1 atom stereocenters. The third kappa shape index (κ3) is 2.37. The second-order valence-corrected chi connectivity index (χ2v) is 4.54. The van der Waals surface area contributed by atoms with Crippen LogP contribution in [0.25, 0.3) is 0 Å². The van der Waals surface area contributed by atoms with Crippen LogP contribution in [-0.4, -0.2) is 11.1 Å². The fraction of sp³-hybridized carbons (Fsp3) is 0.188. The lowest BCUT2D eigenvalue weighted by atomic mass is 9.77. The number of carbonyl (C=O) groups excluding carboxylic acids is 1. The summed E-state index contributed by atoms with van der Waals surface area (Å²) in [5, 5.41) is 22.2. The lowest BCUT2D eigenvalue weighted by molar-refractivity contribution is -0.316.